The van der Waals surface area contributed by atoms with E-state index in [1.54, 1.807) is 44.6 Å². The molecule has 8 heteroatoms. The molecule has 172 valence electrons. The second-order valence-corrected chi connectivity index (χ2v) is 7.33. The average molecular weight is 449 g/mol. The SMILES string of the molecule is COCCN(CCOC)c1cc(C(=O)Nc2ccccc2C(C)=O)nc(-c2ccccc2)n1. The van der Waals surface area contributed by atoms with Gasteiger partial charge in [0.15, 0.2) is 11.6 Å². The standard InChI is InChI=1S/C25H28N4O4/c1-18(30)20-11-7-8-12-21(20)27-25(31)22-17-23(29(13-15-32-2)14-16-33-3)28-24(26-22)19-9-5-4-6-10-19/h4-12,17H,13-16H2,1-3H3,(H,27,31). The van der Waals surface area contributed by atoms with Crippen LogP contribution in [0.4, 0.5) is 11.5 Å². The normalized spacial score (nSPS) is 10.6. The van der Waals surface area contributed by atoms with Crippen molar-refractivity contribution in [3.63, 3.8) is 0 Å². The summed E-state index contributed by atoms with van der Waals surface area (Å²) in [6, 6.07) is 18.0. The summed E-state index contributed by atoms with van der Waals surface area (Å²) < 4.78 is 10.5. The minimum Gasteiger partial charge on any atom is -0.383 e. The lowest BCUT2D eigenvalue weighted by molar-refractivity contribution is 0.101. The number of ether oxygens (including phenoxy) is 2. The molecule has 0 saturated carbocycles. The Morgan fingerprint density at radius 1 is 0.909 bits per heavy atom. The Hall–Kier alpha value is -3.62. The Kier molecular flexibility index (Phi) is 8.63. The molecule has 0 saturated heterocycles. The van der Waals surface area contributed by atoms with E-state index in [9.17, 15) is 9.59 Å². The maximum atomic E-state index is 13.2. The lowest BCUT2D eigenvalue weighted by atomic mass is 10.1. The summed E-state index contributed by atoms with van der Waals surface area (Å²) in [6.45, 7) is 3.58. The highest BCUT2D eigenvalue weighted by Crippen LogP contribution is 2.22. The summed E-state index contributed by atoms with van der Waals surface area (Å²) in [5.41, 5.74) is 1.85. The molecule has 0 spiro atoms. The molecule has 1 heterocycles. The van der Waals surface area contributed by atoms with Crippen molar-refractivity contribution in [2.24, 2.45) is 0 Å². The molecule has 0 aliphatic rings. The van der Waals surface area contributed by atoms with Gasteiger partial charge in [0.25, 0.3) is 5.91 Å². The first kappa shape index (κ1) is 24.0. The molecule has 0 atom stereocenters. The number of hydrogen-bond acceptors (Lipinski definition) is 7. The Labute approximate surface area is 193 Å². The van der Waals surface area contributed by atoms with E-state index in [1.807, 2.05) is 35.2 Å². The number of ketones is 1. The third-order valence-corrected chi connectivity index (χ3v) is 4.99. The summed E-state index contributed by atoms with van der Waals surface area (Å²) in [7, 11) is 3.27. The van der Waals surface area contributed by atoms with Crippen LogP contribution < -0.4 is 10.2 Å². The van der Waals surface area contributed by atoms with Gasteiger partial charge in [0.1, 0.15) is 11.5 Å². The van der Waals surface area contributed by atoms with Gasteiger partial charge < -0.3 is 19.7 Å². The lowest BCUT2D eigenvalue weighted by Gasteiger charge is -2.24. The van der Waals surface area contributed by atoms with Crippen molar-refractivity contribution >= 4 is 23.2 Å². The molecular weight excluding hydrogens is 420 g/mol. The van der Waals surface area contributed by atoms with Crippen molar-refractivity contribution in [3.8, 4) is 11.4 Å². The zero-order chi connectivity index (χ0) is 23.6. The topological polar surface area (TPSA) is 93.7 Å². The molecule has 1 N–H and O–H groups in total. The van der Waals surface area contributed by atoms with Crippen molar-refractivity contribution in [1.29, 1.82) is 0 Å². The molecule has 33 heavy (non-hydrogen) atoms. The number of amides is 1. The number of nitrogens with zero attached hydrogens (tertiary/aromatic N) is 3. The fraction of sp³-hybridized carbons (Fsp3) is 0.280. The minimum atomic E-state index is -0.428. The third kappa shape index (κ3) is 6.44. The minimum absolute atomic E-state index is 0.135. The fourth-order valence-corrected chi connectivity index (χ4v) is 3.26. The Bertz CT molecular complexity index is 1080. The van der Waals surface area contributed by atoms with Crippen molar-refractivity contribution in [1.82, 2.24) is 9.97 Å². The van der Waals surface area contributed by atoms with Gasteiger partial charge >= 0.3 is 0 Å². The number of Topliss-reactive ketones (excluding diaryl/α,β-unsaturated/α-hetero) is 1. The van der Waals surface area contributed by atoms with Crippen LogP contribution in [0.3, 0.4) is 0 Å². The van der Waals surface area contributed by atoms with Crippen LogP contribution >= 0.6 is 0 Å². The highest BCUT2D eigenvalue weighted by atomic mass is 16.5. The zero-order valence-corrected chi connectivity index (χ0v) is 19.1. The van der Waals surface area contributed by atoms with E-state index < -0.39 is 5.91 Å². The second-order valence-electron chi connectivity index (χ2n) is 7.33. The quantitative estimate of drug-likeness (QED) is 0.447. The van der Waals surface area contributed by atoms with Gasteiger partial charge in [-0.15, -0.1) is 0 Å². The van der Waals surface area contributed by atoms with Crippen LogP contribution in [0.15, 0.2) is 60.7 Å². The Balaban J connectivity index is 2.02. The summed E-state index contributed by atoms with van der Waals surface area (Å²) in [5, 5.41) is 2.82. The molecule has 1 aromatic heterocycles. The first-order valence-electron chi connectivity index (χ1n) is 10.6. The van der Waals surface area contributed by atoms with Crippen molar-refractivity contribution in [3.05, 3.63) is 71.9 Å². The van der Waals surface area contributed by atoms with Crippen molar-refractivity contribution < 1.29 is 19.1 Å². The molecule has 0 radical (unpaired) electrons. The predicted octanol–water partition coefficient (Wildman–Crippen LogP) is 3.70. The molecule has 8 nitrogen and oxygen atoms in total. The Morgan fingerprint density at radius 2 is 1.55 bits per heavy atom. The molecular formula is C25H28N4O4. The van der Waals surface area contributed by atoms with Crippen LogP contribution in [0.1, 0.15) is 27.8 Å². The van der Waals surface area contributed by atoms with Crippen LogP contribution in [-0.2, 0) is 9.47 Å². The van der Waals surface area contributed by atoms with E-state index in [-0.39, 0.29) is 11.5 Å². The van der Waals surface area contributed by atoms with Gasteiger partial charge in [0.05, 0.1) is 18.9 Å². The van der Waals surface area contributed by atoms with Crippen LogP contribution in [-0.4, -0.2) is 62.2 Å². The van der Waals surface area contributed by atoms with E-state index in [0.717, 1.165) is 5.56 Å². The number of rotatable bonds is 11. The molecule has 0 fully saturated rings. The number of carbonyl (C=O) groups excluding carboxylic acids is 2. The largest absolute Gasteiger partial charge is 0.383 e. The van der Waals surface area contributed by atoms with Crippen LogP contribution in [0, 0.1) is 0 Å². The van der Waals surface area contributed by atoms with Crippen LogP contribution in [0.2, 0.25) is 0 Å². The summed E-state index contributed by atoms with van der Waals surface area (Å²) in [5.74, 6) is 0.452. The number of aromatic nitrogens is 2. The molecule has 0 bridgehead atoms. The third-order valence-electron chi connectivity index (χ3n) is 4.99. The number of hydrogen-bond donors (Lipinski definition) is 1. The smallest absolute Gasteiger partial charge is 0.274 e. The van der Waals surface area contributed by atoms with E-state index >= 15 is 0 Å². The van der Waals surface area contributed by atoms with E-state index in [2.05, 4.69) is 10.3 Å². The highest BCUT2D eigenvalue weighted by Gasteiger charge is 2.18. The number of methoxy groups -OCH3 is 2. The number of benzene rings is 2. The monoisotopic (exact) mass is 448 g/mol. The van der Waals surface area contributed by atoms with Crippen LogP contribution in [0.25, 0.3) is 11.4 Å². The van der Waals surface area contributed by atoms with Gasteiger partial charge in [-0.2, -0.15) is 0 Å². The van der Waals surface area contributed by atoms with E-state index in [4.69, 9.17) is 14.5 Å². The maximum Gasteiger partial charge on any atom is 0.274 e. The molecule has 0 unspecified atom stereocenters. The number of nitrogens with one attached hydrogen (secondary N) is 1. The van der Waals surface area contributed by atoms with Gasteiger partial charge in [-0.3, -0.25) is 9.59 Å². The average Bonchev–Trinajstić information content (AvgIpc) is 2.84. The fourth-order valence-electron chi connectivity index (χ4n) is 3.26. The van der Waals surface area contributed by atoms with Crippen LogP contribution in [0.5, 0.6) is 0 Å². The Morgan fingerprint density at radius 3 is 2.18 bits per heavy atom. The summed E-state index contributed by atoms with van der Waals surface area (Å²) in [4.78, 5) is 36.4. The molecule has 3 rings (SSSR count). The molecule has 3 aromatic rings. The van der Waals surface area contributed by atoms with E-state index in [1.165, 1.54) is 6.92 Å². The van der Waals surface area contributed by atoms with E-state index in [0.29, 0.717) is 49.2 Å². The van der Waals surface area contributed by atoms with Crippen molar-refractivity contribution in [2.45, 2.75) is 6.92 Å². The summed E-state index contributed by atoms with van der Waals surface area (Å²) >= 11 is 0. The van der Waals surface area contributed by atoms with Gasteiger partial charge in [-0.05, 0) is 19.1 Å². The number of anilines is 2. The molecule has 0 aliphatic heterocycles. The van der Waals surface area contributed by atoms with Gasteiger partial charge in [0, 0.05) is 44.5 Å². The van der Waals surface area contributed by atoms with Crippen molar-refractivity contribution in [2.75, 3.05) is 50.7 Å². The number of carbonyl (C=O) groups is 2. The number of para-hydroxylation sites is 1. The zero-order valence-electron chi connectivity index (χ0n) is 19.1. The van der Waals surface area contributed by atoms with Gasteiger partial charge in [0.2, 0.25) is 0 Å². The highest BCUT2D eigenvalue weighted by molar-refractivity contribution is 6.08. The summed E-state index contributed by atoms with van der Waals surface area (Å²) in [6.07, 6.45) is 0. The predicted molar refractivity (Wildman–Crippen MR) is 128 cm³/mol. The molecule has 2 aromatic carbocycles. The van der Waals surface area contributed by atoms with Gasteiger partial charge in [-0.25, -0.2) is 9.97 Å². The first-order valence-corrected chi connectivity index (χ1v) is 10.6. The molecule has 0 aliphatic carbocycles. The lowest BCUT2D eigenvalue weighted by Crippen LogP contribution is -2.32. The molecule has 1 amide bonds. The second kappa shape index (κ2) is 11.8. The maximum absolute atomic E-state index is 13.2. The van der Waals surface area contributed by atoms with Gasteiger partial charge in [-0.1, -0.05) is 42.5 Å². The first-order chi connectivity index (χ1) is 16.0.